The third-order valence-electron chi connectivity index (χ3n) is 5.19. The fourth-order valence-corrected chi connectivity index (χ4v) is 3.87. The van der Waals surface area contributed by atoms with Crippen LogP contribution in [0.2, 0.25) is 0 Å². The molecule has 3 nitrogen and oxygen atoms in total. The molecule has 1 saturated carbocycles. The van der Waals surface area contributed by atoms with Crippen molar-refractivity contribution in [3.05, 3.63) is 34.9 Å². The highest BCUT2D eigenvalue weighted by atomic mass is 35.5. The summed E-state index contributed by atoms with van der Waals surface area (Å²) in [5.74, 6) is 0.801. The highest BCUT2D eigenvalue weighted by molar-refractivity contribution is 5.91. The molecule has 1 aromatic rings. The molecule has 3 rings (SSSR count). The van der Waals surface area contributed by atoms with Crippen LogP contribution >= 0.6 is 12.4 Å². The van der Waals surface area contributed by atoms with Crippen molar-refractivity contribution in [2.45, 2.75) is 51.5 Å². The number of nitrogens with zero attached hydrogens (tertiary/aromatic N) is 1. The van der Waals surface area contributed by atoms with Crippen LogP contribution in [0.25, 0.3) is 0 Å². The van der Waals surface area contributed by atoms with Gasteiger partial charge in [0.05, 0.1) is 5.41 Å². The van der Waals surface area contributed by atoms with Gasteiger partial charge in [-0.25, -0.2) is 0 Å². The van der Waals surface area contributed by atoms with Crippen molar-refractivity contribution in [1.82, 2.24) is 4.90 Å². The molecule has 0 aromatic heterocycles. The molecule has 0 radical (unpaired) electrons. The molecule has 0 bridgehead atoms. The van der Waals surface area contributed by atoms with Gasteiger partial charge in [0.15, 0.2) is 0 Å². The standard InChI is InChI=1S/C18H26N2O.ClH/c1-12-6-13(2)8-16(7-12)18(4-5-18)17(21)20-11-15(10-19)9-14(20)3;/h6-8,14-15H,4-5,9-11,19H2,1-3H3;1H. The fourth-order valence-electron chi connectivity index (χ4n) is 3.87. The van der Waals surface area contributed by atoms with Crippen molar-refractivity contribution >= 4 is 18.3 Å². The van der Waals surface area contributed by atoms with Crippen LogP contribution in [0.5, 0.6) is 0 Å². The average molecular weight is 323 g/mol. The Labute approximate surface area is 139 Å². The van der Waals surface area contributed by atoms with Crippen LogP contribution < -0.4 is 5.73 Å². The predicted octanol–water partition coefficient (Wildman–Crippen LogP) is 2.95. The molecule has 1 heterocycles. The van der Waals surface area contributed by atoms with Crippen molar-refractivity contribution in [1.29, 1.82) is 0 Å². The largest absolute Gasteiger partial charge is 0.339 e. The molecule has 2 unspecified atom stereocenters. The Kier molecular flexibility index (Phi) is 4.88. The molecule has 4 heteroatoms. The molecule has 2 atom stereocenters. The second kappa shape index (κ2) is 6.21. The third kappa shape index (κ3) is 2.89. The maximum atomic E-state index is 13.1. The molecule has 122 valence electrons. The number of benzene rings is 1. The van der Waals surface area contributed by atoms with Crippen LogP contribution in [0.4, 0.5) is 0 Å². The minimum atomic E-state index is -0.242. The summed E-state index contributed by atoms with van der Waals surface area (Å²) in [5.41, 5.74) is 9.27. The number of nitrogens with two attached hydrogens (primary N) is 1. The van der Waals surface area contributed by atoms with Gasteiger partial charge in [0.1, 0.15) is 0 Å². The van der Waals surface area contributed by atoms with E-state index in [9.17, 15) is 4.79 Å². The second-order valence-corrected chi connectivity index (χ2v) is 7.10. The zero-order chi connectivity index (χ0) is 15.2. The number of amides is 1. The lowest BCUT2D eigenvalue weighted by atomic mass is 9.91. The first-order chi connectivity index (χ1) is 9.96. The first kappa shape index (κ1) is 17.3. The van der Waals surface area contributed by atoms with Gasteiger partial charge < -0.3 is 10.6 Å². The van der Waals surface area contributed by atoms with E-state index in [2.05, 4.69) is 43.9 Å². The monoisotopic (exact) mass is 322 g/mol. The summed E-state index contributed by atoms with van der Waals surface area (Å²) < 4.78 is 0. The highest BCUT2D eigenvalue weighted by Gasteiger charge is 2.54. The molecule has 0 spiro atoms. The van der Waals surface area contributed by atoms with Gasteiger partial charge in [-0.15, -0.1) is 12.4 Å². The molecule has 2 fully saturated rings. The van der Waals surface area contributed by atoms with Crippen LogP contribution in [0.15, 0.2) is 18.2 Å². The van der Waals surface area contributed by atoms with Gasteiger partial charge in [-0.2, -0.15) is 0 Å². The molecule has 2 N–H and O–H groups in total. The Morgan fingerprint density at radius 2 is 1.86 bits per heavy atom. The summed E-state index contributed by atoms with van der Waals surface area (Å²) in [5, 5.41) is 0. The number of likely N-dealkylation sites (tertiary alicyclic amines) is 1. The molecule has 1 amide bonds. The zero-order valence-corrected chi connectivity index (χ0v) is 14.6. The number of hydrogen-bond donors (Lipinski definition) is 1. The summed E-state index contributed by atoms with van der Waals surface area (Å²) >= 11 is 0. The maximum Gasteiger partial charge on any atom is 0.233 e. The first-order valence-corrected chi connectivity index (χ1v) is 8.06. The van der Waals surface area contributed by atoms with Crippen LogP contribution in [0.3, 0.4) is 0 Å². The average Bonchev–Trinajstić information content (AvgIpc) is 3.15. The van der Waals surface area contributed by atoms with E-state index in [0.717, 1.165) is 25.8 Å². The lowest BCUT2D eigenvalue weighted by Crippen LogP contribution is -2.41. The molecular weight excluding hydrogens is 296 g/mol. The Hall–Kier alpha value is -1.06. The molecule has 1 aromatic carbocycles. The van der Waals surface area contributed by atoms with Crippen LogP contribution in [-0.4, -0.2) is 29.9 Å². The maximum absolute atomic E-state index is 13.1. The van der Waals surface area contributed by atoms with Gasteiger partial charge in [-0.3, -0.25) is 4.79 Å². The molecule has 1 aliphatic carbocycles. The predicted molar refractivity (Wildman–Crippen MR) is 92.4 cm³/mol. The van der Waals surface area contributed by atoms with E-state index < -0.39 is 0 Å². The van der Waals surface area contributed by atoms with Gasteiger partial charge in [-0.1, -0.05) is 29.3 Å². The fraction of sp³-hybridized carbons (Fsp3) is 0.611. The molecule has 1 saturated heterocycles. The van der Waals surface area contributed by atoms with Crippen LogP contribution in [0.1, 0.15) is 42.9 Å². The summed E-state index contributed by atoms with van der Waals surface area (Å²) in [4.78, 5) is 15.2. The van der Waals surface area contributed by atoms with Crippen molar-refractivity contribution in [2.24, 2.45) is 11.7 Å². The minimum Gasteiger partial charge on any atom is -0.339 e. The zero-order valence-electron chi connectivity index (χ0n) is 13.8. The summed E-state index contributed by atoms with van der Waals surface area (Å²) in [6.45, 7) is 7.90. The van der Waals surface area contributed by atoms with Crippen molar-refractivity contribution in [3.63, 3.8) is 0 Å². The Morgan fingerprint density at radius 1 is 1.27 bits per heavy atom. The number of rotatable bonds is 3. The van der Waals surface area contributed by atoms with Crippen molar-refractivity contribution in [2.75, 3.05) is 13.1 Å². The van der Waals surface area contributed by atoms with Crippen LogP contribution in [0, 0.1) is 19.8 Å². The molecule has 1 aliphatic heterocycles. The lowest BCUT2D eigenvalue weighted by molar-refractivity contribution is -0.134. The van der Waals surface area contributed by atoms with Gasteiger partial charge >= 0.3 is 0 Å². The molecule has 22 heavy (non-hydrogen) atoms. The highest BCUT2D eigenvalue weighted by Crippen LogP contribution is 2.51. The molecule has 2 aliphatic rings. The smallest absolute Gasteiger partial charge is 0.233 e. The first-order valence-electron chi connectivity index (χ1n) is 8.06. The quantitative estimate of drug-likeness (QED) is 0.930. The van der Waals surface area contributed by atoms with Gasteiger partial charge in [0.25, 0.3) is 0 Å². The number of carbonyl (C=O) groups excluding carboxylic acids is 1. The van der Waals surface area contributed by atoms with Crippen molar-refractivity contribution in [3.8, 4) is 0 Å². The number of carbonyl (C=O) groups is 1. The van der Waals surface area contributed by atoms with E-state index >= 15 is 0 Å². The Morgan fingerprint density at radius 3 is 2.32 bits per heavy atom. The third-order valence-corrected chi connectivity index (χ3v) is 5.19. The van der Waals surface area contributed by atoms with E-state index in [1.54, 1.807) is 0 Å². The topological polar surface area (TPSA) is 46.3 Å². The summed E-state index contributed by atoms with van der Waals surface area (Å²) in [7, 11) is 0. The number of aryl methyl sites for hydroxylation is 2. The summed E-state index contributed by atoms with van der Waals surface area (Å²) in [6.07, 6.45) is 3.03. The van der Waals surface area contributed by atoms with E-state index in [1.165, 1.54) is 16.7 Å². The Bertz CT molecular complexity index is 548. The number of hydrogen-bond acceptors (Lipinski definition) is 2. The van der Waals surface area contributed by atoms with E-state index in [4.69, 9.17) is 5.73 Å². The summed E-state index contributed by atoms with van der Waals surface area (Å²) in [6, 6.07) is 6.89. The van der Waals surface area contributed by atoms with Crippen LogP contribution in [-0.2, 0) is 10.2 Å². The molecular formula is C18H27ClN2O. The minimum absolute atomic E-state index is 0. The van der Waals surface area contributed by atoms with Gasteiger partial charge in [0.2, 0.25) is 5.91 Å². The van der Waals surface area contributed by atoms with E-state index in [1.807, 2.05) is 0 Å². The second-order valence-electron chi connectivity index (χ2n) is 7.10. The van der Waals surface area contributed by atoms with Crippen molar-refractivity contribution < 1.29 is 4.79 Å². The number of halogens is 1. The lowest BCUT2D eigenvalue weighted by Gasteiger charge is -2.27. The van der Waals surface area contributed by atoms with E-state index in [0.29, 0.717) is 24.4 Å². The van der Waals surface area contributed by atoms with E-state index in [-0.39, 0.29) is 17.8 Å². The van der Waals surface area contributed by atoms with Gasteiger partial charge in [0, 0.05) is 12.6 Å². The SMILES string of the molecule is Cc1cc(C)cc(C2(C(=O)N3CC(CN)CC3C)CC2)c1.Cl. The normalized spacial score (nSPS) is 25.7. The van der Waals surface area contributed by atoms with Gasteiger partial charge in [-0.05, 0) is 58.1 Å². The Balaban J connectivity index is 0.00000176.